The highest BCUT2D eigenvalue weighted by Gasteiger charge is 2.36. The summed E-state index contributed by atoms with van der Waals surface area (Å²) in [4.78, 5) is 2.62. The zero-order valence-corrected chi connectivity index (χ0v) is 18.0. The number of hydrogen-bond acceptors (Lipinski definition) is 2. The van der Waals surface area contributed by atoms with Crippen molar-refractivity contribution in [1.29, 1.82) is 0 Å². The zero-order chi connectivity index (χ0) is 20.7. The van der Waals surface area contributed by atoms with Gasteiger partial charge in [0, 0.05) is 24.2 Å². The van der Waals surface area contributed by atoms with Crippen molar-refractivity contribution in [2.24, 2.45) is 0 Å². The predicted molar refractivity (Wildman–Crippen MR) is 126 cm³/mol. The Kier molecular flexibility index (Phi) is 5.02. The average molecular weight is 398 g/mol. The number of benzene rings is 2. The van der Waals surface area contributed by atoms with Crippen LogP contribution in [-0.2, 0) is 6.42 Å². The van der Waals surface area contributed by atoms with E-state index in [0.29, 0.717) is 12.1 Å². The van der Waals surface area contributed by atoms with Gasteiger partial charge in [0.05, 0.1) is 6.61 Å². The van der Waals surface area contributed by atoms with Crippen LogP contribution in [0.3, 0.4) is 0 Å². The highest BCUT2D eigenvalue weighted by molar-refractivity contribution is 5.70. The van der Waals surface area contributed by atoms with E-state index in [1.54, 1.807) is 0 Å². The van der Waals surface area contributed by atoms with Gasteiger partial charge in [-0.2, -0.15) is 0 Å². The third-order valence-electron chi connectivity index (χ3n) is 6.99. The molecule has 2 nitrogen and oxygen atoms in total. The molecule has 2 aromatic rings. The fourth-order valence-corrected chi connectivity index (χ4v) is 5.03. The van der Waals surface area contributed by atoms with Crippen LogP contribution in [0.25, 0.3) is 16.8 Å². The van der Waals surface area contributed by atoms with Gasteiger partial charge in [-0.1, -0.05) is 55.1 Å². The van der Waals surface area contributed by atoms with Gasteiger partial charge < -0.3 is 9.64 Å². The van der Waals surface area contributed by atoms with E-state index in [4.69, 9.17) is 4.74 Å². The molecule has 1 atom stereocenters. The Balaban J connectivity index is 1.37. The minimum Gasteiger partial charge on any atom is -0.493 e. The van der Waals surface area contributed by atoms with Crippen LogP contribution in [0.4, 0.5) is 0 Å². The Hall–Kier alpha value is -2.74. The van der Waals surface area contributed by atoms with Crippen molar-refractivity contribution in [2.45, 2.75) is 57.5 Å². The maximum atomic E-state index is 5.65. The van der Waals surface area contributed by atoms with Gasteiger partial charge in [-0.15, -0.1) is 0 Å². The highest BCUT2D eigenvalue weighted by atomic mass is 16.5. The second kappa shape index (κ2) is 7.83. The number of hydrogen-bond donors (Lipinski definition) is 0. The van der Waals surface area contributed by atoms with Crippen molar-refractivity contribution in [3.05, 3.63) is 84.0 Å². The normalized spacial score (nSPS) is 20.5. The van der Waals surface area contributed by atoms with Crippen LogP contribution in [0.15, 0.2) is 72.8 Å². The summed E-state index contributed by atoms with van der Waals surface area (Å²) >= 11 is 0. The summed E-state index contributed by atoms with van der Waals surface area (Å²) in [5.41, 5.74) is 9.19. The number of rotatable bonds is 6. The molecular formula is C28H31NO. The molecule has 0 radical (unpaired) electrons. The third-order valence-corrected chi connectivity index (χ3v) is 6.99. The second-order valence-corrected chi connectivity index (χ2v) is 8.99. The lowest BCUT2D eigenvalue weighted by Gasteiger charge is -2.38. The van der Waals surface area contributed by atoms with E-state index in [1.807, 2.05) is 0 Å². The van der Waals surface area contributed by atoms with Gasteiger partial charge in [0.2, 0.25) is 0 Å². The molecule has 0 N–H and O–H groups in total. The summed E-state index contributed by atoms with van der Waals surface area (Å²) in [7, 11) is 0. The van der Waals surface area contributed by atoms with Crippen LogP contribution in [-0.4, -0.2) is 23.6 Å². The number of ether oxygens (including phenoxy) is 1. The summed E-state index contributed by atoms with van der Waals surface area (Å²) in [6.07, 6.45) is 9.13. The van der Waals surface area contributed by atoms with Gasteiger partial charge in [0.25, 0.3) is 0 Å². The molecule has 1 heterocycles. The third kappa shape index (κ3) is 3.60. The molecule has 0 aromatic heterocycles. The number of allylic oxidation sites excluding steroid dienone is 2. The van der Waals surface area contributed by atoms with Crippen LogP contribution in [0, 0.1) is 0 Å². The van der Waals surface area contributed by atoms with Gasteiger partial charge in [0.15, 0.2) is 0 Å². The van der Waals surface area contributed by atoms with E-state index in [1.165, 1.54) is 64.8 Å². The van der Waals surface area contributed by atoms with E-state index in [-0.39, 0.29) is 0 Å². The first-order chi connectivity index (χ1) is 14.6. The Labute approximate surface area is 180 Å². The first-order valence-corrected chi connectivity index (χ1v) is 11.3. The smallest absolute Gasteiger partial charge is 0.122 e. The monoisotopic (exact) mass is 397 g/mol. The van der Waals surface area contributed by atoms with Crippen molar-refractivity contribution < 1.29 is 4.74 Å². The second-order valence-electron chi connectivity index (χ2n) is 8.99. The zero-order valence-electron chi connectivity index (χ0n) is 18.0. The Morgan fingerprint density at radius 1 is 1.00 bits per heavy atom. The SMILES string of the molecule is C=CC1=C(C)CCC(N(C(=C)c2ccc(-c3ccc4c(c3)CCO4)cc2)C2CC2)C1. The van der Waals surface area contributed by atoms with Crippen molar-refractivity contribution in [3.63, 3.8) is 0 Å². The minimum absolute atomic E-state index is 0.540. The molecule has 0 saturated heterocycles. The summed E-state index contributed by atoms with van der Waals surface area (Å²) in [6, 6.07) is 16.7. The molecule has 0 spiro atoms. The molecule has 0 amide bonds. The fourth-order valence-electron chi connectivity index (χ4n) is 5.03. The average Bonchev–Trinajstić information content (AvgIpc) is 3.50. The van der Waals surface area contributed by atoms with Gasteiger partial charge in [-0.25, -0.2) is 0 Å². The van der Waals surface area contributed by atoms with E-state index < -0.39 is 0 Å². The number of nitrogens with zero attached hydrogens (tertiary/aromatic N) is 1. The first-order valence-electron chi connectivity index (χ1n) is 11.3. The summed E-state index contributed by atoms with van der Waals surface area (Å²) in [5.74, 6) is 1.04. The molecular weight excluding hydrogens is 366 g/mol. The minimum atomic E-state index is 0.540. The molecule has 1 fully saturated rings. The topological polar surface area (TPSA) is 12.5 Å². The molecule has 2 heteroatoms. The van der Waals surface area contributed by atoms with Gasteiger partial charge >= 0.3 is 0 Å². The van der Waals surface area contributed by atoms with E-state index >= 15 is 0 Å². The van der Waals surface area contributed by atoms with E-state index in [2.05, 4.69) is 73.5 Å². The van der Waals surface area contributed by atoms with Crippen molar-refractivity contribution in [2.75, 3.05) is 6.61 Å². The van der Waals surface area contributed by atoms with Crippen LogP contribution in [0.5, 0.6) is 5.75 Å². The molecule has 1 aliphatic heterocycles. The molecule has 5 rings (SSSR count). The molecule has 1 saturated carbocycles. The lowest BCUT2D eigenvalue weighted by atomic mass is 9.87. The van der Waals surface area contributed by atoms with E-state index in [9.17, 15) is 0 Å². The maximum Gasteiger partial charge on any atom is 0.122 e. The molecule has 2 aliphatic carbocycles. The first kappa shape index (κ1) is 19.2. The fraction of sp³-hybridized carbons (Fsp3) is 0.357. The Morgan fingerprint density at radius 3 is 2.50 bits per heavy atom. The van der Waals surface area contributed by atoms with Crippen LogP contribution in [0.1, 0.15) is 50.2 Å². The summed E-state index contributed by atoms with van der Waals surface area (Å²) in [6.45, 7) is 11.7. The lowest BCUT2D eigenvalue weighted by molar-refractivity contribution is 0.261. The van der Waals surface area contributed by atoms with Crippen molar-refractivity contribution in [3.8, 4) is 16.9 Å². The predicted octanol–water partition coefficient (Wildman–Crippen LogP) is 6.78. The van der Waals surface area contributed by atoms with Crippen LogP contribution < -0.4 is 4.74 Å². The number of fused-ring (bicyclic) bond motifs is 1. The standard InChI is InChI=1S/C28H31NO/c1-4-21-18-27(11-5-19(21)2)29(26-12-13-26)20(3)22-6-8-23(9-7-22)24-10-14-28-25(17-24)15-16-30-28/h4,6-10,14,17,26-27H,1,3,5,11-13,15-16,18H2,2H3. The summed E-state index contributed by atoms with van der Waals surface area (Å²) < 4.78 is 5.65. The summed E-state index contributed by atoms with van der Waals surface area (Å²) in [5, 5.41) is 0. The van der Waals surface area contributed by atoms with Crippen molar-refractivity contribution >= 4 is 5.70 Å². The van der Waals surface area contributed by atoms with Gasteiger partial charge in [0.1, 0.15) is 5.75 Å². The maximum absolute atomic E-state index is 5.65. The van der Waals surface area contributed by atoms with Crippen molar-refractivity contribution in [1.82, 2.24) is 4.90 Å². The van der Waals surface area contributed by atoms with Gasteiger partial charge in [-0.3, -0.25) is 0 Å². The Bertz CT molecular complexity index is 1010. The largest absolute Gasteiger partial charge is 0.493 e. The molecule has 1 unspecified atom stereocenters. The van der Waals surface area contributed by atoms with Gasteiger partial charge in [-0.05, 0) is 79.0 Å². The molecule has 154 valence electrons. The van der Waals surface area contributed by atoms with E-state index in [0.717, 1.165) is 25.2 Å². The molecule has 2 aromatic carbocycles. The van der Waals surface area contributed by atoms with Crippen LogP contribution in [0.2, 0.25) is 0 Å². The van der Waals surface area contributed by atoms with Crippen LogP contribution >= 0.6 is 0 Å². The molecule has 0 bridgehead atoms. The molecule has 3 aliphatic rings. The lowest BCUT2D eigenvalue weighted by Crippen LogP contribution is -2.37. The quantitative estimate of drug-likeness (QED) is 0.533. The molecule has 30 heavy (non-hydrogen) atoms. The Morgan fingerprint density at radius 2 is 1.77 bits per heavy atom. The highest BCUT2D eigenvalue weighted by Crippen LogP contribution is 2.40.